The molecule has 0 saturated carbocycles. The van der Waals surface area contributed by atoms with Gasteiger partial charge in [0.1, 0.15) is 0 Å². The first kappa shape index (κ1) is 11.6. The highest BCUT2D eigenvalue weighted by Crippen LogP contribution is 2.08. The number of anilines is 1. The van der Waals surface area contributed by atoms with Gasteiger partial charge in [-0.2, -0.15) is 0 Å². The third kappa shape index (κ3) is 3.28. The summed E-state index contributed by atoms with van der Waals surface area (Å²) in [5.41, 5.74) is 3.69. The van der Waals surface area contributed by atoms with Crippen molar-refractivity contribution >= 4 is 5.95 Å². The topological polar surface area (TPSA) is 37.8 Å². The van der Waals surface area contributed by atoms with Crippen LogP contribution in [0.2, 0.25) is 0 Å². The fourth-order valence-electron chi connectivity index (χ4n) is 1.73. The summed E-state index contributed by atoms with van der Waals surface area (Å²) in [6.45, 7) is 4.96. The Bertz CT molecular complexity index is 494. The van der Waals surface area contributed by atoms with Gasteiger partial charge >= 0.3 is 0 Å². The Balaban J connectivity index is 1.90. The van der Waals surface area contributed by atoms with Gasteiger partial charge in [0.05, 0.1) is 0 Å². The fraction of sp³-hybridized carbons (Fsp3) is 0.286. The van der Waals surface area contributed by atoms with E-state index in [4.69, 9.17) is 0 Å². The highest BCUT2D eigenvalue weighted by Gasteiger charge is 1.98. The number of nitrogens with zero attached hydrogens (tertiary/aromatic N) is 2. The van der Waals surface area contributed by atoms with Gasteiger partial charge in [0.2, 0.25) is 5.95 Å². The number of hydrogen-bond donors (Lipinski definition) is 1. The summed E-state index contributed by atoms with van der Waals surface area (Å²) in [5.74, 6) is 0.707. The molecule has 1 aromatic carbocycles. The van der Waals surface area contributed by atoms with E-state index >= 15 is 0 Å². The second-order valence-corrected chi connectivity index (χ2v) is 4.12. The lowest BCUT2D eigenvalue weighted by atomic mass is 10.1. The zero-order valence-corrected chi connectivity index (χ0v) is 10.3. The van der Waals surface area contributed by atoms with Gasteiger partial charge in [-0.15, -0.1) is 0 Å². The van der Waals surface area contributed by atoms with Gasteiger partial charge in [-0.25, -0.2) is 9.97 Å². The molecule has 1 heterocycles. The summed E-state index contributed by atoms with van der Waals surface area (Å²) in [6.07, 6.45) is 2.77. The van der Waals surface area contributed by atoms with Gasteiger partial charge in [-0.05, 0) is 37.5 Å². The maximum Gasteiger partial charge on any atom is 0.222 e. The van der Waals surface area contributed by atoms with Crippen LogP contribution < -0.4 is 5.32 Å². The Morgan fingerprint density at radius 2 is 1.94 bits per heavy atom. The monoisotopic (exact) mass is 227 g/mol. The molecule has 2 aromatic rings. The molecule has 1 N–H and O–H groups in total. The number of aryl methyl sites for hydroxylation is 2. The van der Waals surface area contributed by atoms with Gasteiger partial charge in [-0.3, -0.25) is 0 Å². The van der Waals surface area contributed by atoms with E-state index < -0.39 is 0 Å². The van der Waals surface area contributed by atoms with E-state index in [0.717, 1.165) is 18.7 Å². The number of benzene rings is 1. The molecule has 1 aromatic heterocycles. The summed E-state index contributed by atoms with van der Waals surface area (Å²) in [6, 6.07) is 10.3. The Labute approximate surface area is 102 Å². The Kier molecular flexibility index (Phi) is 3.70. The van der Waals surface area contributed by atoms with Crippen LogP contribution in [0.4, 0.5) is 5.95 Å². The van der Waals surface area contributed by atoms with Gasteiger partial charge in [0, 0.05) is 18.4 Å². The Morgan fingerprint density at radius 1 is 1.12 bits per heavy atom. The zero-order valence-electron chi connectivity index (χ0n) is 10.3. The van der Waals surface area contributed by atoms with Crippen LogP contribution in [0.1, 0.15) is 16.8 Å². The van der Waals surface area contributed by atoms with Crippen molar-refractivity contribution in [3.8, 4) is 0 Å². The molecular formula is C14H17N3. The van der Waals surface area contributed by atoms with Gasteiger partial charge in [0.15, 0.2) is 0 Å². The summed E-state index contributed by atoms with van der Waals surface area (Å²) in [5, 5.41) is 3.24. The van der Waals surface area contributed by atoms with Gasteiger partial charge in [0.25, 0.3) is 0 Å². The SMILES string of the molecule is Cc1ccnc(NCCc2ccccc2C)n1. The van der Waals surface area contributed by atoms with Crippen LogP contribution in [0.5, 0.6) is 0 Å². The first-order valence-corrected chi connectivity index (χ1v) is 5.84. The molecule has 0 aliphatic carbocycles. The minimum atomic E-state index is 0.707. The molecule has 0 bridgehead atoms. The molecule has 3 nitrogen and oxygen atoms in total. The van der Waals surface area contributed by atoms with Crippen LogP contribution >= 0.6 is 0 Å². The molecule has 17 heavy (non-hydrogen) atoms. The van der Waals surface area contributed by atoms with E-state index in [9.17, 15) is 0 Å². The lowest BCUT2D eigenvalue weighted by molar-refractivity contribution is 0.966. The van der Waals surface area contributed by atoms with Crippen LogP contribution in [0.25, 0.3) is 0 Å². The minimum Gasteiger partial charge on any atom is -0.354 e. The van der Waals surface area contributed by atoms with E-state index in [-0.39, 0.29) is 0 Å². The van der Waals surface area contributed by atoms with Gasteiger partial charge in [-0.1, -0.05) is 24.3 Å². The summed E-state index contributed by atoms with van der Waals surface area (Å²) in [4.78, 5) is 8.48. The molecule has 0 spiro atoms. The molecule has 3 heteroatoms. The average molecular weight is 227 g/mol. The molecule has 2 rings (SSSR count). The second kappa shape index (κ2) is 5.43. The van der Waals surface area contributed by atoms with Crippen LogP contribution in [-0.2, 0) is 6.42 Å². The molecule has 0 saturated heterocycles. The fourth-order valence-corrected chi connectivity index (χ4v) is 1.73. The maximum absolute atomic E-state index is 4.30. The molecule has 0 aliphatic rings. The standard InChI is InChI=1S/C14H17N3/c1-11-5-3-4-6-13(11)8-10-16-14-15-9-7-12(2)17-14/h3-7,9H,8,10H2,1-2H3,(H,15,16,17). The van der Waals surface area contributed by atoms with E-state index in [1.165, 1.54) is 11.1 Å². The summed E-state index contributed by atoms with van der Waals surface area (Å²) in [7, 11) is 0. The lowest BCUT2D eigenvalue weighted by Gasteiger charge is -2.07. The predicted octanol–water partition coefficient (Wildman–Crippen LogP) is 2.75. The normalized spacial score (nSPS) is 10.2. The Hall–Kier alpha value is -1.90. The zero-order chi connectivity index (χ0) is 12.1. The van der Waals surface area contributed by atoms with Crippen molar-refractivity contribution in [1.82, 2.24) is 9.97 Å². The van der Waals surface area contributed by atoms with Crippen molar-refractivity contribution < 1.29 is 0 Å². The van der Waals surface area contributed by atoms with Crippen molar-refractivity contribution in [2.75, 3.05) is 11.9 Å². The van der Waals surface area contributed by atoms with Crippen molar-refractivity contribution in [2.24, 2.45) is 0 Å². The molecule has 0 fully saturated rings. The van der Waals surface area contributed by atoms with E-state index in [2.05, 4.69) is 46.5 Å². The summed E-state index contributed by atoms with van der Waals surface area (Å²) >= 11 is 0. The predicted molar refractivity (Wildman–Crippen MR) is 70.1 cm³/mol. The van der Waals surface area contributed by atoms with Crippen LogP contribution in [0, 0.1) is 13.8 Å². The van der Waals surface area contributed by atoms with Crippen molar-refractivity contribution in [3.63, 3.8) is 0 Å². The molecule has 0 unspecified atom stereocenters. The second-order valence-electron chi connectivity index (χ2n) is 4.12. The number of aromatic nitrogens is 2. The minimum absolute atomic E-state index is 0.707. The highest BCUT2D eigenvalue weighted by atomic mass is 15.1. The van der Waals surface area contributed by atoms with E-state index in [1.807, 2.05) is 13.0 Å². The van der Waals surface area contributed by atoms with E-state index in [0.29, 0.717) is 5.95 Å². The van der Waals surface area contributed by atoms with Crippen LogP contribution in [0.3, 0.4) is 0 Å². The molecule has 88 valence electrons. The third-order valence-corrected chi connectivity index (χ3v) is 2.73. The van der Waals surface area contributed by atoms with E-state index in [1.54, 1.807) is 6.20 Å². The quantitative estimate of drug-likeness (QED) is 0.872. The lowest BCUT2D eigenvalue weighted by Crippen LogP contribution is -2.08. The maximum atomic E-state index is 4.30. The van der Waals surface area contributed by atoms with Crippen molar-refractivity contribution in [3.05, 3.63) is 53.3 Å². The first-order valence-electron chi connectivity index (χ1n) is 5.84. The number of nitrogens with one attached hydrogen (secondary N) is 1. The van der Waals surface area contributed by atoms with Crippen LogP contribution in [0.15, 0.2) is 36.5 Å². The first-order chi connectivity index (χ1) is 8.25. The van der Waals surface area contributed by atoms with Crippen molar-refractivity contribution in [2.45, 2.75) is 20.3 Å². The smallest absolute Gasteiger partial charge is 0.222 e. The molecule has 0 amide bonds. The molecule has 0 atom stereocenters. The van der Waals surface area contributed by atoms with Crippen LogP contribution in [-0.4, -0.2) is 16.5 Å². The highest BCUT2D eigenvalue weighted by molar-refractivity contribution is 5.29. The number of rotatable bonds is 4. The Morgan fingerprint density at radius 3 is 2.71 bits per heavy atom. The molecular weight excluding hydrogens is 210 g/mol. The van der Waals surface area contributed by atoms with Crippen molar-refractivity contribution in [1.29, 1.82) is 0 Å². The largest absolute Gasteiger partial charge is 0.354 e. The number of hydrogen-bond acceptors (Lipinski definition) is 3. The average Bonchev–Trinajstić information content (AvgIpc) is 2.32. The molecule has 0 aliphatic heterocycles. The summed E-state index contributed by atoms with van der Waals surface area (Å²) < 4.78 is 0. The third-order valence-electron chi connectivity index (χ3n) is 2.73. The van der Waals surface area contributed by atoms with Gasteiger partial charge < -0.3 is 5.32 Å². The molecule has 0 radical (unpaired) electrons.